The van der Waals surface area contributed by atoms with Gasteiger partial charge in [-0.05, 0) is 31.2 Å². The topological polar surface area (TPSA) is 110 Å². The van der Waals surface area contributed by atoms with Gasteiger partial charge in [-0.25, -0.2) is 0 Å². The largest absolute Gasteiger partial charge is 0.329 e. The second-order valence-corrected chi connectivity index (χ2v) is 4.35. The zero-order chi connectivity index (χ0) is 16.0. The zero-order valence-corrected chi connectivity index (χ0v) is 11.9. The molecule has 7 nitrogen and oxygen atoms in total. The third-order valence-corrected chi connectivity index (χ3v) is 2.72. The highest BCUT2D eigenvalue weighted by Gasteiger charge is 2.24. The molecule has 112 valence electrons. The van der Waals surface area contributed by atoms with Gasteiger partial charge in [0.15, 0.2) is 5.78 Å². The van der Waals surface area contributed by atoms with E-state index in [-0.39, 0.29) is 18.9 Å². The van der Waals surface area contributed by atoms with E-state index in [0.29, 0.717) is 11.3 Å². The number of hydrogen-bond donors (Lipinski definition) is 2. The number of carbonyl (C=O) groups excluding carboxylic acids is 4. The van der Waals surface area contributed by atoms with Crippen LogP contribution >= 0.6 is 0 Å². The molecule has 3 N–H and O–H groups in total. The van der Waals surface area contributed by atoms with Crippen LogP contribution in [0, 0.1) is 0 Å². The standard InChI is InChI=1S/C14H17N3O4/c1-9(18)11-3-5-12(6-4-11)16-13(20)14(21)17(8-7-15)10(2)19/h3-6H,7-8,15H2,1-2H3,(H,16,20). The highest BCUT2D eigenvalue weighted by molar-refractivity contribution is 6.41. The Bertz CT molecular complexity index is 566. The van der Waals surface area contributed by atoms with Gasteiger partial charge < -0.3 is 11.1 Å². The minimum atomic E-state index is -0.969. The summed E-state index contributed by atoms with van der Waals surface area (Å²) in [7, 11) is 0. The number of nitrogens with one attached hydrogen (secondary N) is 1. The normalized spacial score (nSPS) is 9.86. The van der Waals surface area contributed by atoms with Gasteiger partial charge in [0.1, 0.15) is 0 Å². The van der Waals surface area contributed by atoms with Crippen molar-refractivity contribution in [3.8, 4) is 0 Å². The molecular formula is C14H17N3O4. The molecule has 1 rings (SSSR count). The van der Waals surface area contributed by atoms with Gasteiger partial charge in [0, 0.05) is 31.3 Å². The molecule has 0 aliphatic heterocycles. The number of hydrogen-bond acceptors (Lipinski definition) is 5. The number of ketones is 1. The lowest BCUT2D eigenvalue weighted by Gasteiger charge is -2.17. The summed E-state index contributed by atoms with van der Waals surface area (Å²) >= 11 is 0. The maximum atomic E-state index is 11.8. The van der Waals surface area contributed by atoms with Gasteiger partial charge >= 0.3 is 11.8 Å². The van der Waals surface area contributed by atoms with E-state index in [4.69, 9.17) is 5.73 Å². The number of amides is 3. The fourth-order valence-corrected chi connectivity index (χ4v) is 1.63. The van der Waals surface area contributed by atoms with Gasteiger partial charge in [-0.2, -0.15) is 0 Å². The molecule has 0 bridgehead atoms. The smallest absolute Gasteiger partial charge is 0.318 e. The van der Waals surface area contributed by atoms with Gasteiger partial charge in [-0.15, -0.1) is 0 Å². The van der Waals surface area contributed by atoms with Crippen LogP contribution in [0.15, 0.2) is 24.3 Å². The molecule has 3 amide bonds. The van der Waals surface area contributed by atoms with Crippen molar-refractivity contribution in [2.24, 2.45) is 5.73 Å². The SMILES string of the molecule is CC(=O)c1ccc(NC(=O)C(=O)N(CCN)C(C)=O)cc1. The van der Waals surface area contributed by atoms with E-state index in [1.165, 1.54) is 38.1 Å². The quantitative estimate of drug-likeness (QED) is 0.606. The van der Waals surface area contributed by atoms with Crippen LogP contribution in [-0.4, -0.2) is 41.5 Å². The molecule has 0 saturated carbocycles. The fourth-order valence-electron chi connectivity index (χ4n) is 1.63. The molecule has 1 aromatic carbocycles. The van der Waals surface area contributed by atoms with E-state index in [1.54, 1.807) is 0 Å². The van der Waals surface area contributed by atoms with Crippen LogP contribution in [0.5, 0.6) is 0 Å². The summed E-state index contributed by atoms with van der Waals surface area (Å²) < 4.78 is 0. The van der Waals surface area contributed by atoms with E-state index in [9.17, 15) is 19.2 Å². The van der Waals surface area contributed by atoms with Crippen LogP contribution < -0.4 is 11.1 Å². The van der Waals surface area contributed by atoms with Gasteiger partial charge in [0.25, 0.3) is 0 Å². The molecule has 0 radical (unpaired) electrons. The molecule has 0 atom stereocenters. The number of benzene rings is 1. The van der Waals surface area contributed by atoms with Crippen LogP contribution in [0.2, 0.25) is 0 Å². The van der Waals surface area contributed by atoms with Crippen molar-refractivity contribution >= 4 is 29.2 Å². The predicted molar refractivity (Wildman–Crippen MR) is 76.5 cm³/mol. The van der Waals surface area contributed by atoms with E-state index in [0.717, 1.165) is 4.90 Å². The summed E-state index contributed by atoms with van der Waals surface area (Å²) in [5.74, 6) is -2.56. The van der Waals surface area contributed by atoms with E-state index in [2.05, 4.69) is 5.32 Å². The van der Waals surface area contributed by atoms with Crippen molar-refractivity contribution < 1.29 is 19.2 Å². The monoisotopic (exact) mass is 291 g/mol. The lowest BCUT2D eigenvalue weighted by molar-refractivity contribution is -0.149. The van der Waals surface area contributed by atoms with E-state index >= 15 is 0 Å². The Hall–Kier alpha value is -2.54. The first kappa shape index (κ1) is 16.5. The van der Waals surface area contributed by atoms with Crippen molar-refractivity contribution in [1.82, 2.24) is 4.90 Å². The maximum absolute atomic E-state index is 11.8. The summed E-state index contributed by atoms with van der Waals surface area (Å²) in [6.45, 7) is 2.66. The average molecular weight is 291 g/mol. The summed E-state index contributed by atoms with van der Waals surface area (Å²) in [6.07, 6.45) is 0. The Morgan fingerprint density at radius 2 is 1.67 bits per heavy atom. The molecule has 0 spiro atoms. The summed E-state index contributed by atoms with van der Waals surface area (Å²) in [6, 6.07) is 6.07. The molecule has 0 aliphatic rings. The van der Waals surface area contributed by atoms with E-state index in [1.807, 2.05) is 0 Å². The Kier molecular flexibility index (Phi) is 5.74. The second-order valence-electron chi connectivity index (χ2n) is 4.35. The molecule has 0 aromatic heterocycles. The van der Waals surface area contributed by atoms with Crippen LogP contribution in [0.3, 0.4) is 0 Å². The van der Waals surface area contributed by atoms with Crippen LogP contribution in [0.4, 0.5) is 5.69 Å². The zero-order valence-electron chi connectivity index (χ0n) is 11.9. The van der Waals surface area contributed by atoms with Crippen LogP contribution in [-0.2, 0) is 14.4 Å². The lowest BCUT2D eigenvalue weighted by atomic mass is 10.1. The first-order valence-electron chi connectivity index (χ1n) is 6.31. The number of carbonyl (C=O) groups is 4. The van der Waals surface area contributed by atoms with Crippen molar-refractivity contribution in [2.75, 3.05) is 18.4 Å². The molecule has 0 heterocycles. The predicted octanol–water partition coefficient (Wildman–Crippen LogP) is 0.162. The van der Waals surface area contributed by atoms with Gasteiger partial charge in [0.05, 0.1) is 0 Å². The molecular weight excluding hydrogens is 274 g/mol. The Morgan fingerprint density at radius 1 is 1.10 bits per heavy atom. The molecule has 0 unspecified atom stereocenters. The Balaban J connectivity index is 2.77. The lowest BCUT2D eigenvalue weighted by Crippen LogP contribution is -2.44. The van der Waals surface area contributed by atoms with Crippen molar-refractivity contribution in [3.63, 3.8) is 0 Å². The molecule has 21 heavy (non-hydrogen) atoms. The van der Waals surface area contributed by atoms with Crippen molar-refractivity contribution in [3.05, 3.63) is 29.8 Å². The molecule has 0 fully saturated rings. The third-order valence-electron chi connectivity index (χ3n) is 2.72. The molecule has 0 saturated heterocycles. The Labute approximate surface area is 122 Å². The number of rotatable bonds is 4. The summed E-state index contributed by atoms with van der Waals surface area (Å²) in [5, 5.41) is 2.37. The number of nitrogens with two attached hydrogens (primary N) is 1. The molecule has 0 aliphatic carbocycles. The Morgan fingerprint density at radius 3 is 2.10 bits per heavy atom. The van der Waals surface area contributed by atoms with Gasteiger partial charge in [-0.3, -0.25) is 24.1 Å². The van der Waals surface area contributed by atoms with Gasteiger partial charge in [0.2, 0.25) is 5.91 Å². The second kappa shape index (κ2) is 7.30. The number of anilines is 1. The highest BCUT2D eigenvalue weighted by Crippen LogP contribution is 2.10. The van der Waals surface area contributed by atoms with Crippen LogP contribution in [0.1, 0.15) is 24.2 Å². The minimum Gasteiger partial charge on any atom is -0.329 e. The third kappa shape index (κ3) is 4.50. The average Bonchev–Trinajstić information content (AvgIpc) is 2.44. The maximum Gasteiger partial charge on any atom is 0.318 e. The van der Waals surface area contributed by atoms with Crippen molar-refractivity contribution in [2.45, 2.75) is 13.8 Å². The number of imide groups is 1. The molecule has 1 aromatic rings. The summed E-state index contributed by atoms with van der Waals surface area (Å²) in [4.78, 5) is 46.8. The minimum absolute atomic E-state index is 0.0230. The summed E-state index contributed by atoms with van der Waals surface area (Å²) in [5.41, 5.74) is 6.14. The number of Topliss-reactive ketones (excluding diaryl/α,β-unsaturated/α-hetero) is 1. The highest BCUT2D eigenvalue weighted by atomic mass is 16.2. The van der Waals surface area contributed by atoms with Crippen molar-refractivity contribution in [1.29, 1.82) is 0 Å². The van der Waals surface area contributed by atoms with Gasteiger partial charge in [-0.1, -0.05) is 0 Å². The van der Waals surface area contributed by atoms with Crippen LogP contribution in [0.25, 0.3) is 0 Å². The first-order valence-corrected chi connectivity index (χ1v) is 6.31. The first-order chi connectivity index (χ1) is 9.86. The fraction of sp³-hybridized carbons (Fsp3) is 0.286. The number of nitrogens with zero attached hydrogens (tertiary/aromatic N) is 1. The molecule has 7 heteroatoms. The van der Waals surface area contributed by atoms with E-state index < -0.39 is 17.7 Å².